The zero-order chi connectivity index (χ0) is 22.3. The minimum atomic E-state index is -3.70. The van der Waals surface area contributed by atoms with Crippen molar-refractivity contribution in [2.24, 2.45) is 0 Å². The van der Waals surface area contributed by atoms with E-state index in [1.165, 1.54) is 4.90 Å². The lowest BCUT2D eigenvalue weighted by Gasteiger charge is -2.25. The van der Waals surface area contributed by atoms with E-state index < -0.39 is 10.0 Å². The molecule has 0 aliphatic heterocycles. The molecule has 160 valence electrons. The largest absolute Gasteiger partial charge is 0.319 e. The molecule has 0 radical (unpaired) electrons. The molecule has 0 aliphatic carbocycles. The van der Waals surface area contributed by atoms with E-state index in [1.54, 1.807) is 30.3 Å². The quantitative estimate of drug-likeness (QED) is 0.557. The zero-order valence-corrected chi connectivity index (χ0v) is 19.0. The number of para-hydroxylation sites is 1. The Hall–Kier alpha value is -3.07. The van der Waals surface area contributed by atoms with Crippen LogP contribution in [0.25, 0.3) is 0 Å². The molecule has 0 aromatic heterocycles. The van der Waals surface area contributed by atoms with Crippen molar-refractivity contribution in [3.8, 4) is 11.8 Å². The lowest BCUT2D eigenvalue weighted by Crippen LogP contribution is -3.11. The zero-order valence-electron chi connectivity index (χ0n) is 18.2. The monoisotopic (exact) mass is 433 g/mol. The van der Waals surface area contributed by atoms with E-state index >= 15 is 0 Å². The number of hydrogen-bond acceptors (Lipinski definition) is 2. The molecule has 1 atom stereocenters. The predicted molar refractivity (Wildman–Crippen MR) is 127 cm³/mol. The van der Waals surface area contributed by atoms with Gasteiger partial charge >= 0.3 is 0 Å². The fourth-order valence-electron chi connectivity index (χ4n) is 3.50. The van der Waals surface area contributed by atoms with Crippen molar-refractivity contribution >= 4 is 15.7 Å². The van der Waals surface area contributed by atoms with Gasteiger partial charge in [-0.1, -0.05) is 53.9 Å². The number of aryl methyl sites for hydroxylation is 1. The molecule has 3 aromatic rings. The summed E-state index contributed by atoms with van der Waals surface area (Å²) < 4.78 is 28.8. The molecule has 3 aromatic carbocycles. The molecule has 3 rings (SSSR count). The lowest BCUT2D eigenvalue weighted by molar-refractivity contribution is -0.919. The molecule has 2 N–H and O–H groups in total. The summed E-state index contributed by atoms with van der Waals surface area (Å²) in [4.78, 5) is 1.51. The van der Waals surface area contributed by atoms with Gasteiger partial charge in [0.15, 0.2) is 6.04 Å². The molecule has 0 fully saturated rings. The molecule has 0 spiro atoms. The maximum absolute atomic E-state index is 13.0. The highest BCUT2D eigenvalue weighted by Crippen LogP contribution is 2.24. The fourth-order valence-corrected chi connectivity index (χ4v) is 4.59. The van der Waals surface area contributed by atoms with Crippen molar-refractivity contribution in [1.29, 1.82) is 0 Å². The molecule has 0 unspecified atom stereocenters. The minimum absolute atomic E-state index is 0.160. The van der Waals surface area contributed by atoms with E-state index in [9.17, 15) is 8.42 Å². The van der Waals surface area contributed by atoms with Crippen LogP contribution >= 0.6 is 0 Å². The molecular formula is C26H29N2O2S+. The van der Waals surface area contributed by atoms with Crippen LogP contribution in [-0.4, -0.2) is 21.5 Å². The summed E-state index contributed by atoms with van der Waals surface area (Å²) in [5.74, 6) is 6.68. The van der Waals surface area contributed by atoms with Crippen LogP contribution in [0.2, 0.25) is 0 Å². The van der Waals surface area contributed by atoms with Crippen LogP contribution < -0.4 is 9.62 Å². The van der Waals surface area contributed by atoms with Crippen LogP contribution in [0.5, 0.6) is 0 Å². The second kappa shape index (κ2) is 10.3. The van der Waals surface area contributed by atoms with E-state index in [0.29, 0.717) is 5.69 Å². The van der Waals surface area contributed by atoms with Crippen molar-refractivity contribution in [1.82, 2.24) is 0 Å². The highest BCUT2D eigenvalue weighted by molar-refractivity contribution is 7.92. The number of quaternary nitrogens is 1. The third kappa shape index (κ3) is 5.75. The average Bonchev–Trinajstić information content (AvgIpc) is 2.78. The van der Waals surface area contributed by atoms with Crippen molar-refractivity contribution in [2.75, 3.05) is 17.8 Å². The van der Waals surface area contributed by atoms with Gasteiger partial charge in [0.25, 0.3) is 10.0 Å². The number of nitrogens with one attached hydrogen (secondary N) is 2. The first-order valence-electron chi connectivity index (χ1n) is 10.5. The van der Waals surface area contributed by atoms with Gasteiger partial charge in [0, 0.05) is 11.1 Å². The Morgan fingerprint density at radius 1 is 0.871 bits per heavy atom. The normalized spacial score (nSPS) is 12.1. The van der Waals surface area contributed by atoms with Gasteiger partial charge in [0.05, 0.1) is 23.7 Å². The second-order valence-electron chi connectivity index (χ2n) is 7.44. The van der Waals surface area contributed by atoms with Crippen LogP contribution in [0.4, 0.5) is 5.69 Å². The Labute approximate surface area is 186 Å². The first-order chi connectivity index (χ1) is 14.9. The van der Waals surface area contributed by atoms with E-state index in [2.05, 4.69) is 30.4 Å². The molecule has 0 bridgehead atoms. The van der Waals surface area contributed by atoms with Gasteiger partial charge < -0.3 is 4.90 Å². The molecule has 0 saturated carbocycles. The van der Waals surface area contributed by atoms with Gasteiger partial charge in [0.1, 0.15) is 0 Å². The Balaban J connectivity index is 2.01. The Kier molecular flexibility index (Phi) is 7.51. The van der Waals surface area contributed by atoms with Crippen molar-refractivity contribution in [2.45, 2.75) is 31.7 Å². The summed E-state index contributed by atoms with van der Waals surface area (Å²) in [6, 6.07) is 24.1. The number of rotatable bonds is 7. The van der Waals surface area contributed by atoms with Crippen LogP contribution in [0.15, 0.2) is 83.8 Å². The van der Waals surface area contributed by atoms with Gasteiger partial charge in [-0.15, -0.1) is 0 Å². The van der Waals surface area contributed by atoms with Gasteiger partial charge in [0.2, 0.25) is 0 Å². The minimum Gasteiger partial charge on any atom is -0.319 e. The van der Waals surface area contributed by atoms with E-state index in [-0.39, 0.29) is 10.9 Å². The Bertz CT molecular complexity index is 1160. The predicted octanol–water partition coefficient (Wildman–Crippen LogP) is 3.81. The summed E-state index contributed by atoms with van der Waals surface area (Å²) in [5, 5.41) is 0. The number of hydrogen-bond donors (Lipinski definition) is 2. The molecular weight excluding hydrogens is 404 g/mol. The van der Waals surface area contributed by atoms with Crippen LogP contribution in [0, 0.1) is 18.8 Å². The average molecular weight is 434 g/mol. The first kappa shape index (κ1) is 22.6. The molecule has 0 amide bonds. The molecule has 0 aliphatic rings. The topological polar surface area (TPSA) is 50.6 Å². The van der Waals surface area contributed by atoms with Gasteiger partial charge in [-0.2, -0.15) is 0 Å². The van der Waals surface area contributed by atoms with Crippen LogP contribution in [0.1, 0.15) is 36.6 Å². The van der Waals surface area contributed by atoms with E-state index in [0.717, 1.165) is 29.8 Å². The highest BCUT2D eigenvalue weighted by Gasteiger charge is 2.24. The van der Waals surface area contributed by atoms with Crippen LogP contribution in [0.3, 0.4) is 0 Å². The van der Waals surface area contributed by atoms with E-state index in [4.69, 9.17) is 0 Å². The standard InChI is InChI=1S/C26H28N2O2S/c1-4-28(5-2)26(20-17-22-11-7-6-8-12-22)24-13-9-10-14-25(24)27-31(29,30)23-18-15-21(3)16-19-23/h6-16,18-19,26-27H,4-5H2,1-3H3/p+1/t26-/m1/s1. The van der Waals surface area contributed by atoms with Gasteiger partial charge in [-0.05, 0) is 63.1 Å². The number of benzene rings is 3. The molecule has 0 saturated heterocycles. The Morgan fingerprint density at radius 2 is 1.48 bits per heavy atom. The molecule has 5 heteroatoms. The molecule has 31 heavy (non-hydrogen) atoms. The van der Waals surface area contributed by atoms with Crippen molar-refractivity contribution in [3.63, 3.8) is 0 Å². The summed E-state index contributed by atoms with van der Waals surface area (Å²) in [6.07, 6.45) is 0. The van der Waals surface area contributed by atoms with Gasteiger partial charge in [-0.3, -0.25) is 4.72 Å². The van der Waals surface area contributed by atoms with Crippen LogP contribution in [-0.2, 0) is 10.0 Å². The van der Waals surface area contributed by atoms with Gasteiger partial charge in [-0.25, -0.2) is 8.42 Å². The third-order valence-electron chi connectivity index (χ3n) is 5.30. The summed E-state index contributed by atoms with van der Waals surface area (Å²) in [5.41, 5.74) is 3.40. The molecule has 4 nitrogen and oxygen atoms in total. The lowest BCUT2D eigenvalue weighted by atomic mass is 10.0. The second-order valence-corrected chi connectivity index (χ2v) is 9.12. The SMILES string of the molecule is CC[NH+](CC)[C@H](C#Cc1ccccc1)c1ccccc1NS(=O)(=O)c1ccc(C)cc1. The van der Waals surface area contributed by atoms with E-state index in [1.807, 2.05) is 55.5 Å². The first-order valence-corrected chi connectivity index (χ1v) is 12.0. The summed E-state index contributed by atoms with van der Waals surface area (Å²) in [6.45, 7) is 7.93. The van der Waals surface area contributed by atoms with Crippen molar-refractivity contribution in [3.05, 3.63) is 95.6 Å². The number of anilines is 1. The number of sulfonamides is 1. The smallest absolute Gasteiger partial charge is 0.261 e. The maximum Gasteiger partial charge on any atom is 0.261 e. The fraction of sp³-hybridized carbons (Fsp3) is 0.231. The van der Waals surface area contributed by atoms with Crippen molar-refractivity contribution < 1.29 is 13.3 Å². The summed E-state index contributed by atoms with van der Waals surface area (Å²) in [7, 11) is -3.70. The third-order valence-corrected chi connectivity index (χ3v) is 6.68. The highest BCUT2D eigenvalue weighted by atomic mass is 32.2. The summed E-state index contributed by atoms with van der Waals surface area (Å²) >= 11 is 0. The Morgan fingerprint density at radius 3 is 2.13 bits per heavy atom. The molecule has 0 heterocycles. The maximum atomic E-state index is 13.0.